The van der Waals surface area contributed by atoms with E-state index in [4.69, 9.17) is 0 Å². The van der Waals surface area contributed by atoms with Crippen molar-refractivity contribution in [2.24, 2.45) is 0 Å². The van der Waals surface area contributed by atoms with Gasteiger partial charge in [-0.1, -0.05) is 121 Å². The third-order valence-corrected chi connectivity index (χ3v) is 5.86. The van der Waals surface area contributed by atoms with Crippen molar-refractivity contribution in [1.29, 1.82) is 0 Å². The maximum Gasteiger partial charge on any atom is 0.195 e. The molecule has 3 heteroatoms. The fourth-order valence-electron chi connectivity index (χ4n) is 4.25. The zero-order chi connectivity index (χ0) is 23.3. The fourth-order valence-corrected chi connectivity index (χ4v) is 4.25. The van der Waals surface area contributed by atoms with E-state index in [0.29, 0.717) is 28.8 Å². The number of carbonyl (C=O) groups is 2. The third kappa shape index (κ3) is 4.24. The average molecular weight is 442 g/mol. The van der Waals surface area contributed by atoms with Crippen molar-refractivity contribution in [2.45, 2.75) is 6.54 Å². The van der Waals surface area contributed by atoms with Crippen LogP contribution in [0.25, 0.3) is 11.3 Å². The minimum atomic E-state index is -0.163. The van der Waals surface area contributed by atoms with Crippen LogP contribution in [0.15, 0.2) is 128 Å². The highest BCUT2D eigenvalue weighted by atomic mass is 16.1. The smallest absolute Gasteiger partial charge is 0.195 e. The van der Waals surface area contributed by atoms with Crippen LogP contribution in [0, 0.1) is 0 Å². The highest BCUT2D eigenvalue weighted by Gasteiger charge is 2.28. The van der Waals surface area contributed by atoms with Crippen LogP contribution in [0.4, 0.5) is 0 Å². The lowest BCUT2D eigenvalue weighted by molar-refractivity contribution is 0.100. The first-order valence-electron chi connectivity index (χ1n) is 11.2. The Morgan fingerprint density at radius 1 is 0.559 bits per heavy atom. The summed E-state index contributed by atoms with van der Waals surface area (Å²) in [7, 11) is 0. The first-order chi connectivity index (χ1) is 16.7. The molecular formula is C31H23NO2. The molecule has 0 unspecified atom stereocenters. The number of benzene rings is 4. The van der Waals surface area contributed by atoms with Crippen LogP contribution in [0.1, 0.15) is 37.4 Å². The van der Waals surface area contributed by atoms with Crippen molar-refractivity contribution in [1.82, 2.24) is 4.57 Å². The summed E-state index contributed by atoms with van der Waals surface area (Å²) in [5.74, 6) is -0.325. The number of hydrogen-bond donors (Lipinski definition) is 0. The number of nitrogens with zero attached hydrogens (tertiary/aromatic N) is 1. The lowest BCUT2D eigenvalue weighted by Gasteiger charge is -2.12. The van der Waals surface area contributed by atoms with Gasteiger partial charge in [0.05, 0.1) is 16.8 Å². The van der Waals surface area contributed by atoms with E-state index < -0.39 is 0 Å². The summed E-state index contributed by atoms with van der Waals surface area (Å²) in [6, 6.07) is 38.2. The Morgan fingerprint density at radius 3 is 1.59 bits per heavy atom. The lowest BCUT2D eigenvalue weighted by atomic mass is 9.93. The number of aromatic nitrogens is 1. The van der Waals surface area contributed by atoms with Gasteiger partial charge in [-0.15, -0.1) is 0 Å². The van der Waals surface area contributed by atoms with E-state index in [0.717, 1.165) is 16.8 Å². The standard InChI is InChI=1S/C31H23NO2/c33-30(25-17-9-3-10-18-25)27-22-32(21-23-13-5-1-6-14-23)29(24-15-7-2-8-16-24)28(27)31(34)26-19-11-4-12-20-26/h1-20,22H,21H2. The molecule has 4 aromatic carbocycles. The van der Waals surface area contributed by atoms with Crippen molar-refractivity contribution in [2.75, 3.05) is 0 Å². The van der Waals surface area contributed by atoms with E-state index in [2.05, 4.69) is 0 Å². The highest BCUT2D eigenvalue weighted by molar-refractivity contribution is 6.22. The minimum Gasteiger partial charge on any atom is -0.342 e. The summed E-state index contributed by atoms with van der Waals surface area (Å²) in [4.78, 5) is 27.6. The van der Waals surface area contributed by atoms with Gasteiger partial charge in [-0.3, -0.25) is 9.59 Å². The number of ketones is 2. The summed E-state index contributed by atoms with van der Waals surface area (Å²) < 4.78 is 2.02. The molecule has 0 saturated heterocycles. The largest absolute Gasteiger partial charge is 0.342 e. The van der Waals surface area contributed by atoms with Crippen LogP contribution in [0.3, 0.4) is 0 Å². The number of carbonyl (C=O) groups excluding carboxylic acids is 2. The molecule has 0 spiro atoms. The molecule has 0 atom stereocenters. The molecule has 0 aliphatic heterocycles. The van der Waals surface area contributed by atoms with Crippen molar-refractivity contribution in [3.63, 3.8) is 0 Å². The summed E-state index contributed by atoms with van der Waals surface area (Å²) in [6.07, 6.45) is 1.83. The van der Waals surface area contributed by atoms with Gasteiger partial charge in [0.25, 0.3) is 0 Å². The average Bonchev–Trinajstić information content (AvgIpc) is 3.28. The predicted molar refractivity (Wildman–Crippen MR) is 135 cm³/mol. The molecule has 3 nitrogen and oxygen atoms in total. The summed E-state index contributed by atoms with van der Waals surface area (Å²) in [5, 5.41) is 0. The van der Waals surface area contributed by atoms with E-state index in [-0.39, 0.29) is 11.6 Å². The van der Waals surface area contributed by atoms with E-state index in [1.54, 1.807) is 24.3 Å². The van der Waals surface area contributed by atoms with E-state index in [9.17, 15) is 9.59 Å². The van der Waals surface area contributed by atoms with Gasteiger partial charge in [0.2, 0.25) is 0 Å². The Morgan fingerprint density at radius 2 is 1.03 bits per heavy atom. The van der Waals surface area contributed by atoms with Crippen LogP contribution in [-0.2, 0) is 6.54 Å². The molecule has 0 N–H and O–H groups in total. The normalized spacial score (nSPS) is 10.7. The predicted octanol–water partition coefficient (Wildman–Crippen LogP) is 6.67. The zero-order valence-electron chi connectivity index (χ0n) is 18.6. The van der Waals surface area contributed by atoms with Gasteiger partial charge in [0.1, 0.15) is 0 Å². The molecule has 0 saturated carbocycles. The van der Waals surface area contributed by atoms with Gasteiger partial charge in [-0.2, -0.15) is 0 Å². The monoisotopic (exact) mass is 441 g/mol. The van der Waals surface area contributed by atoms with Crippen molar-refractivity contribution in [3.8, 4) is 11.3 Å². The first-order valence-corrected chi connectivity index (χ1v) is 11.2. The van der Waals surface area contributed by atoms with Gasteiger partial charge >= 0.3 is 0 Å². The van der Waals surface area contributed by atoms with Gasteiger partial charge in [-0.25, -0.2) is 0 Å². The SMILES string of the molecule is O=C(c1ccccc1)c1cn(Cc2ccccc2)c(-c2ccccc2)c1C(=O)c1ccccc1. The van der Waals surface area contributed by atoms with Crippen LogP contribution < -0.4 is 0 Å². The molecule has 5 rings (SSSR count). The van der Waals surface area contributed by atoms with Crippen molar-refractivity contribution >= 4 is 11.6 Å². The maximum atomic E-state index is 13.9. The maximum absolute atomic E-state index is 13.9. The molecule has 1 heterocycles. The lowest BCUT2D eigenvalue weighted by Crippen LogP contribution is -2.10. The molecule has 0 radical (unpaired) electrons. The van der Waals surface area contributed by atoms with Gasteiger partial charge < -0.3 is 4.57 Å². The van der Waals surface area contributed by atoms with E-state index >= 15 is 0 Å². The van der Waals surface area contributed by atoms with Gasteiger partial charge in [-0.05, 0) is 11.1 Å². The van der Waals surface area contributed by atoms with Gasteiger partial charge in [0.15, 0.2) is 11.6 Å². The Bertz CT molecular complexity index is 1420. The second kappa shape index (κ2) is 9.55. The fraction of sp³-hybridized carbons (Fsp3) is 0.0323. The second-order valence-electron chi connectivity index (χ2n) is 8.14. The Hall–Kier alpha value is -4.50. The van der Waals surface area contributed by atoms with Crippen LogP contribution in [0.5, 0.6) is 0 Å². The first kappa shape index (κ1) is 21.4. The molecule has 0 bridgehead atoms. The van der Waals surface area contributed by atoms with Gasteiger partial charge in [0, 0.05) is 23.9 Å². The molecule has 0 amide bonds. The van der Waals surface area contributed by atoms with Crippen LogP contribution >= 0.6 is 0 Å². The Kier molecular flexibility index (Phi) is 6.00. The molecule has 0 aliphatic carbocycles. The summed E-state index contributed by atoms with van der Waals surface area (Å²) in [6.45, 7) is 0.544. The van der Waals surface area contributed by atoms with E-state index in [1.807, 2.05) is 108 Å². The molecule has 0 fully saturated rings. The molecule has 5 aromatic rings. The number of hydrogen-bond acceptors (Lipinski definition) is 2. The van der Waals surface area contributed by atoms with Crippen molar-refractivity contribution in [3.05, 3.63) is 155 Å². The Balaban J connectivity index is 1.76. The topological polar surface area (TPSA) is 39.1 Å². The summed E-state index contributed by atoms with van der Waals surface area (Å²) >= 11 is 0. The quantitative estimate of drug-likeness (QED) is 0.265. The molecular weight excluding hydrogens is 418 g/mol. The van der Waals surface area contributed by atoms with Crippen molar-refractivity contribution < 1.29 is 9.59 Å². The molecule has 0 aliphatic rings. The third-order valence-electron chi connectivity index (χ3n) is 5.86. The van der Waals surface area contributed by atoms with E-state index in [1.165, 1.54) is 0 Å². The minimum absolute atomic E-state index is 0.162. The number of rotatable bonds is 7. The zero-order valence-corrected chi connectivity index (χ0v) is 18.6. The summed E-state index contributed by atoms with van der Waals surface area (Å²) in [5.41, 5.74) is 4.69. The van der Waals surface area contributed by atoms with Crippen LogP contribution in [0.2, 0.25) is 0 Å². The second-order valence-corrected chi connectivity index (χ2v) is 8.14. The molecule has 34 heavy (non-hydrogen) atoms. The Labute approximate surface area is 198 Å². The highest BCUT2D eigenvalue weighted by Crippen LogP contribution is 2.33. The molecule has 1 aromatic heterocycles. The van der Waals surface area contributed by atoms with Crippen LogP contribution in [-0.4, -0.2) is 16.1 Å². The molecule has 164 valence electrons.